The maximum absolute atomic E-state index is 12.9. The lowest BCUT2D eigenvalue weighted by Crippen LogP contribution is -2.26. The van der Waals surface area contributed by atoms with Crippen molar-refractivity contribution >= 4 is 28.2 Å². The number of anilines is 1. The van der Waals surface area contributed by atoms with Gasteiger partial charge >= 0.3 is 5.97 Å². The van der Waals surface area contributed by atoms with Gasteiger partial charge in [-0.2, -0.15) is 0 Å². The SMILES string of the molecule is COC(=O)c1c(NC(=O)c2cccc(OC(C)C)c2)sc2c1CCC(C(C)(C)C)C2. The smallest absolute Gasteiger partial charge is 0.341 e. The van der Waals surface area contributed by atoms with Crippen molar-refractivity contribution in [1.82, 2.24) is 0 Å². The summed E-state index contributed by atoms with van der Waals surface area (Å²) in [6.07, 6.45) is 2.79. The summed E-state index contributed by atoms with van der Waals surface area (Å²) >= 11 is 1.50. The summed E-state index contributed by atoms with van der Waals surface area (Å²) < 4.78 is 10.7. The molecule has 30 heavy (non-hydrogen) atoms. The van der Waals surface area contributed by atoms with E-state index in [2.05, 4.69) is 26.1 Å². The van der Waals surface area contributed by atoms with E-state index in [0.29, 0.717) is 27.8 Å². The molecule has 1 aliphatic rings. The van der Waals surface area contributed by atoms with Gasteiger partial charge < -0.3 is 14.8 Å². The monoisotopic (exact) mass is 429 g/mol. The molecule has 1 atom stereocenters. The van der Waals surface area contributed by atoms with Gasteiger partial charge in [0.15, 0.2) is 0 Å². The standard InChI is InChI=1S/C24H31NO4S/c1-14(2)29-17-9-7-8-15(12-17)21(26)25-22-20(23(27)28-6)18-11-10-16(24(3,4)5)13-19(18)30-22/h7-9,12,14,16H,10-11,13H2,1-6H3,(H,25,26). The van der Waals surface area contributed by atoms with Gasteiger partial charge in [0, 0.05) is 10.4 Å². The van der Waals surface area contributed by atoms with Crippen LogP contribution in [0.15, 0.2) is 24.3 Å². The summed E-state index contributed by atoms with van der Waals surface area (Å²) in [5.41, 5.74) is 2.23. The maximum atomic E-state index is 12.9. The van der Waals surface area contributed by atoms with Crippen molar-refractivity contribution in [1.29, 1.82) is 0 Å². The van der Waals surface area contributed by atoms with Crippen LogP contribution in [0.25, 0.3) is 0 Å². The minimum Gasteiger partial charge on any atom is -0.491 e. The molecule has 6 heteroatoms. The molecular formula is C24H31NO4S. The summed E-state index contributed by atoms with van der Waals surface area (Å²) in [7, 11) is 1.38. The number of methoxy groups -OCH3 is 1. The van der Waals surface area contributed by atoms with E-state index >= 15 is 0 Å². The molecule has 0 bridgehead atoms. The minimum atomic E-state index is -0.395. The third kappa shape index (κ3) is 4.86. The lowest BCUT2D eigenvalue weighted by molar-refractivity contribution is 0.0600. The highest BCUT2D eigenvalue weighted by molar-refractivity contribution is 7.17. The summed E-state index contributed by atoms with van der Waals surface area (Å²) in [5.74, 6) is 0.529. The van der Waals surface area contributed by atoms with Crippen LogP contribution in [-0.2, 0) is 17.6 Å². The first-order chi connectivity index (χ1) is 14.1. The molecular weight excluding hydrogens is 398 g/mol. The number of carbonyl (C=O) groups excluding carboxylic acids is 2. The third-order valence-corrected chi connectivity index (χ3v) is 6.74. The van der Waals surface area contributed by atoms with Gasteiger partial charge in [-0.15, -0.1) is 11.3 Å². The average molecular weight is 430 g/mol. The summed E-state index contributed by atoms with van der Waals surface area (Å²) in [5, 5.41) is 3.53. The minimum absolute atomic E-state index is 0.0222. The molecule has 2 aromatic rings. The fraction of sp³-hybridized carbons (Fsp3) is 0.500. The molecule has 1 amide bonds. The lowest BCUT2D eigenvalue weighted by Gasteiger charge is -2.33. The van der Waals surface area contributed by atoms with Crippen molar-refractivity contribution in [3.05, 3.63) is 45.8 Å². The van der Waals surface area contributed by atoms with Crippen LogP contribution in [0.1, 0.15) is 72.2 Å². The molecule has 0 fully saturated rings. The first-order valence-corrected chi connectivity index (χ1v) is 11.2. The molecule has 162 valence electrons. The Hall–Kier alpha value is -2.34. The zero-order chi connectivity index (χ0) is 22.1. The zero-order valence-corrected chi connectivity index (χ0v) is 19.4. The molecule has 5 nitrogen and oxygen atoms in total. The second-order valence-electron chi connectivity index (χ2n) is 9.15. The Kier molecular flexibility index (Phi) is 6.56. The molecule has 0 radical (unpaired) electrons. The van der Waals surface area contributed by atoms with Gasteiger partial charge in [0.05, 0.1) is 18.8 Å². The molecule has 1 aliphatic carbocycles. The molecule has 0 aliphatic heterocycles. The summed E-state index contributed by atoms with van der Waals surface area (Å²) in [4.78, 5) is 26.7. The first kappa shape index (κ1) is 22.3. The van der Waals surface area contributed by atoms with Crippen LogP contribution in [0.5, 0.6) is 5.75 Å². The predicted octanol–water partition coefficient (Wildman–Crippen LogP) is 5.73. The van der Waals surface area contributed by atoms with Crippen molar-refractivity contribution in [2.75, 3.05) is 12.4 Å². The van der Waals surface area contributed by atoms with Crippen LogP contribution in [-0.4, -0.2) is 25.1 Å². The number of carbonyl (C=O) groups is 2. The van der Waals surface area contributed by atoms with Crippen LogP contribution in [0.3, 0.4) is 0 Å². The van der Waals surface area contributed by atoms with E-state index in [0.717, 1.165) is 24.8 Å². The van der Waals surface area contributed by atoms with Gasteiger partial charge in [-0.25, -0.2) is 4.79 Å². The largest absolute Gasteiger partial charge is 0.491 e. The van der Waals surface area contributed by atoms with Gasteiger partial charge in [-0.1, -0.05) is 26.8 Å². The maximum Gasteiger partial charge on any atom is 0.341 e. The number of nitrogens with one attached hydrogen (secondary N) is 1. The number of benzene rings is 1. The number of fused-ring (bicyclic) bond motifs is 1. The third-order valence-electron chi connectivity index (χ3n) is 5.57. The van der Waals surface area contributed by atoms with Crippen LogP contribution in [0, 0.1) is 11.3 Å². The number of amides is 1. The van der Waals surface area contributed by atoms with Crippen molar-refractivity contribution in [3.8, 4) is 5.75 Å². The normalized spacial score (nSPS) is 16.2. The highest BCUT2D eigenvalue weighted by Crippen LogP contribution is 2.44. The van der Waals surface area contributed by atoms with E-state index in [1.807, 2.05) is 19.9 Å². The molecule has 0 saturated carbocycles. The first-order valence-electron chi connectivity index (χ1n) is 10.4. The number of hydrogen-bond donors (Lipinski definition) is 1. The topological polar surface area (TPSA) is 64.6 Å². The van der Waals surface area contributed by atoms with E-state index in [-0.39, 0.29) is 17.4 Å². The average Bonchev–Trinajstić information content (AvgIpc) is 3.03. The van der Waals surface area contributed by atoms with E-state index in [1.54, 1.807) is 18.2 Å². The van der Waals surface area contributed by atoms with Crippen LogP contribution >= 0.6 is 11.3 Å². The van der Waals surface area contributed by atoms with Gasteiger partial charge in [0.25, 0.3) is 5.91 Å². The molecule has 1 unspecified atom stereocenters. The summed E-state index contributed by atoms with van der Waals surface area (Å²) in [6, 6.07) is 7.08. The van der Waals surface area contributed by atoms with Crippen LogP contribution in [0.4, 0.5) is 5.00 Å². The van der Waals surface area contributed by atoms with Crippen molar-refractivity contribution in [2.24, 2.45) is 11.3 Å². The Morgan fingerprint density at radius 1 is 1.23 bits per heavy atom. The molecule has 1 heterocycles. The lowest BCUT2D eigenvalue weighted by atomic mass is 9.72. The molecule has 1 N–H and O–H groups in total. The molecule has 0 saturated heterocycles. The number of hydrogen-bond acceptors (Lipinski definition) is 5. The highest BCUT2D eigenvalue weighted by atomic mass is 32.1. The highest BCUT2D eigenvalue weighted by Gasteiger charge is 2.34. The van der Waals surface area contributed by atoms with E-state index in [1.165, 1.54) is 23.3 Å². The second kappa shape index (κ2) is 8.80. The number of ether oxygens (including phenoxy) is 2. The summed E-state index contributed by atoms with van der Waals surface area (Å²) in [6.45, 7) is 10.7. The molecule has 1 aromatic heterocycles. The van der Waals surface area contributed by atoms with Gasteiger partial charge in [0.1, 0.15) is 10.8 Å². The van der Waals surface area contributed by atoms with Crippen molar-refractivity contribution in [3.63, 3.8) is 0 Å². The van der Waals surface area contributed by atoms with Crippen LogP contribution in [0.2, 0.25) is 0 Å². The molecule has 1 aromatic carbocycles. The quantitative estimate of drug-likeness (QED) is 0.617. The Bertz CT molecular complexity index is 939. The Labute approximate surface area is 182 Å². The fourth-order valence-electron chi connectivity index (χ4n) is 3.89. The number of thiophene rings is 1. The van der Waals surface area contributed by atoms with E-state index in [4.69, 9.17) is 9.47 Å². The van der Waals surface area contributed by atoms with Gasteiger partial charge in [-0.05, 0) is 68.2 Å². The predicted molar refractivity (Wildman–Crippen MR) is 121 cm³/mol. The number of rotatable bonds is 5. The Balaban J connectivity index is 1.90. The Morgan fingerprint density at radius 3 is 2.60 bits per heavy atom. The molecule has 0 spiro atoms. The van der Waals surface area contributed by atoms with E-state index < -0.39 is 5.97 Å². The fourth-order valence-corrected chi connectivity index (χ4v) is 5.20. The van der Waals surface area contributed by atoms with E-state index in [9.17, 15) is 9.59 Å². The molecule has 3 rings (SSSR count). The Morgan fingerprint density at radius 2 is 1.97 bits per heavy atom. The van der Waals surface area contributed by atoms with Crippen molar-refractivity contribution in [2.45, 2.75) is 60.0 Å². The van der Waals surface area contributed by atoms with Crippen LogP contribution < -0.4 is 10.1 Å². The number of esters is 1. The second-order valence-corrected chi connectivity index (χ2v) is 10.3. The van der Waals surface area contributed by atoms with Crippen molar-refractivity contribution < 1.29 is 19.1 Å². The zero-order valence-electron chi connectivity index (χ0n) is 18.6. The van der Waals surface area contributed by atoms with Gasteiger partial charge in [0.2, 0.25) is 0 Å². The van der Waals surface area contributed by atoms with Gasteiger partial charge in [-0.3, -0.25) is 4.79 Å².